The van der Waals surface area contributed by atoms with Crippen LogP contribution in [0.1, 0.15) is 41.6 Å². The van der Waals surface area contributed by atoms with Crippen LogP contribution < -0.4 is 5.73 Å². The number of benzene rings is 1. The van der Waals surface area contributed by atoms with Crippen molar-refractivity contribution in [2.75, 3.05) is 0 Å². The molecule has 3 rings (SSSR count). The number of rotatable bonds is 2. The molecular formula is C16H16BrFN2. The summed E-state index contributed by atoms with van der Waals surface area (Å²) in [5, 5.41) is 0. The Kier molecular flexibility index (Phi) is 3.85. The molecule has 2 N–H and O–H groups in total. The zero-order chi connectivity index (χ0) is 14.1. The molecule has 0 aliphatic heterocycles. The van der Waals surface area contributed by atoms with E-state index < -0.39 is 0 Å². The van der Waals surface area contributed by atoms with Crippen molar-refractivity contribution in [1.29, 1.82) is 0 Å². The van der Waals surface area contributed by atoms with Gasteiger partial charge < -0.3 is 5.73 Å². The molecule has 1 aliphatic rings. The first-order valence-electron chi connectivity index (χ1n) is 6.81. The van der Waals surface area contributed by atoms with E-state index in [1.54, 1.807) is 12.3 Å². The van der Waals surface area contributed by atoms with Gasteiger partial charge in [0.15, 0.2) is 0 Å². The van der Waals surface area contributed by atoms with Gasteiger partial charge in [-0.1, -0.05) is 28.1 Å². The Labute approximate surface area is 126 Å². The highest BCUT2D eigenvalue weighted by Crippen LogP contribution is 2.40. The maximum atomic E-state index is 14.1. The van der Waals surface area contributed by atoms with Crippen LogP contribution in [0.2, 0.25) is 0 Å². The Hall–Kier alpha value is -1.26. The van der Waals surface area contributed by atoms with Crippen LogP contribution in [0.3, 0.4) is 0 Å². The highest BCUT2D eigenvalue weighted by Gasteiger charge is 2.30. The molecule has 20 heavy (non-hydrogen) atoms. The van der Waals surface area contributed by atoms with Gasteiger partial charge in [-0.05, 0) is 43.0 Å². The maximum absolute atomic E-state index is 14.1. The lowest BCUT2D eigenvalue weighted by molar-refractivity contribution is 0.447. The minimum Gasteiger partial charge on any atom is -0.323 e. The maximum Gasteiger partial charge on any atom is 0.129 e. The van der Waals surface area contributed by atoms with Gasteiger partial charge in [-0.2, -0.15) is 0 Å². The number of fused-ring (bicyclic) bond motifs is 1. The fourth-order valence-corrected chi connectivity index (χ4v) is 3.63. The smallest absolute Gasteiger partial charge is 0.129 e. The number of hydrogen-bond acceptors (Lipinski definition) is 2. The third kappa shape index (κ3) is 2.38. The van der Waals surface area contributed by atoms with Crippen LogP contribution in [0.4, 0.5) is 4.39 Å². The number of hydrogen-bond donors (Lipinski definition) is 1. The van der Waals surface area contributed by atoms with E-state index in [-0.39, 0.29) is 17.8 Å². The number of aromatic nitrogens is 1. The van der Waals surface area contributed by atoms with Crippen molar-refractivity contribution in [3.63, 3.8) is 0 Å². The number of halogens is 2. The van der Waals surface area contributed by atoms with Crippen LogP contribution in [-0.4, -0.2) is 4.98 Å². The number of nitrogens with zero attached hydrogens (tertiary/aromatic N) is 1. The zero-order valence-corrected chi connectivity index (χ0v) is 12.6. The third-order valence-electron chi connectivity index (χ3n) is 4.01. The lowest BCUT2D eigenvalue weighted by Crippen LogP contribution is -2.25. The van der Waals surface area contributed by atoms with Gasteiger partial charge in [-0.15, -0.1) is 0 Å². The SMILES string of the molecule is NC(c1c(F)cccc1Br)C1CCCc2cccnc21. The number of aryl methyl sites for hydroxylation is 1. The van der Waals surface area contributed by atoms with Crippen LogP contribution in [0, 0.1) is 5.82 Å². The highest BCUT2D eigenvalue weighted by molar-refractivity contribution is 9.10. The average molecular weight is 335 g/mol. The van der Waals surface area contributed by atoms with Crippen molar-refractivity contribution >= 4 is 15.9 Å². The van der Waals surface area contributed by atoms with E-state index in [1.807, 2.05) is 12.1 Å². The molecule has 2 nitrogen and oxygen atoms in total. The first-order valence-corrected chi connectivity index (χ1v) is 7.61. The molecule has 1 aromatic carbocycles. The molecule has 1 aliphatic carbocycles. The fourth-order valence-electron chi connectivity index (χ4n) is 3.03. The molecule has 2 atom stereocenters. The van der Waals surface area contributed by atoms with Crippen molar-refractivity contribution in [3.05, 3.63) is 63.6 Å². The van der Waals surface area contributed by atoms with E-state index in [4.69, 9.17) is 5.73 Å². The van der Waals surface area contributed by atoms with Crippen molar-refractivity contribution in [2.24, 2.45) is 5.73 Å². The van der Waals surface area contributed by atoms with Gasteiger partial charge in [0.2, 0.25) is 0 Å². The first kappa shape index (κ1) is 13.7. The molecule has 2 aromatic rings. The monoisotopic (exact) mass is 334 g/mol. The highest BCUT2D eigenvalue weighted by atomic mass is 79.9. The molecule has 0 spiro atoms. The second-order valence-corrected chi connectivity index (χ2v) is 6.06. The summed E-state index contributed by atoms with van der Waals surface area (Å²) in [5.41, 5.74) is 9.20. The Balaban J connectivity index is 2.02. The lowest BCUT2D eigenvalue weighted by Gasteiger charge is -2.30. The molecule has 2 unspecified atom stereocenters. The van der Waals surface area contributed by atoms with Gasteiger partial charge >= 0.3 is 0 Å². The largest absolute Gasteiger partial charge is 0.323 e. The van der Waals surface area contributed by atoms with Crippen molar-refractivity contribution < 1.29 is 4.39 Å². The molecule has 0 saturated carbocycles. The second-order valence-electron chi connectivity index (χ2n) is 5.21. The van der Waals surface area contributed by atoms with E-state index in [9.17, 15) is 4.39 Å². The van der Waals surface area contributed by atoms with Crippen LogP contribution >= 0.6 is 15.9 Å². The molecule has 104 valence electrons. The molecule has 0 fully saturated rings. The summed E-state index contributed by atoms with van der Waals surface area (Å²) in [4.78, 5) is 4.49. The Morgan fingerprint density at radius 3 is 2.95 bits per heavy atom. The molecule has 1 heterocycles. The normalized spacial score (nSPS) is 19.4. The van der Waals surface area contributed by atoms with E-state index in [2.05, 4.69) is 27.0 Å². The molecule has 0 bridgehead atoms. The summed E-state index contributed by atoms with van der Waals surface area (Å²) in [6.45, 7) is 0. The zero-order valence-electron chi connectivity index (χ0n) is 11.0. The van der Waals surface area contributed by atoms with Crippen molar-refractivity contribution in [2.45, 2.75) is 31.2 Å². The predicted octanol–water partition coefficient (Wildman–Crippen LogP) is 4.10. The summed E-state index contributed by atoms with van der Waals surface area (Å²) in [5.74, 6) is -0.178. The fraction of sp³-hybridized carbons (Fsp3) is 0.312. The van der Waals surface area contributed by atoms with Crippen LogP contribution in [-0.2, 0) is 6.42 Å². The molecular weight excluding hydrogens is 319 g/mol. The van der Waals surface area contributed by atoms with E-state index >= 15 is 0 Å². The van der Waals surface area contributed by atoms with Crippen molar-refractivity contribution in [3.8, 4) is 0 Å². The van der Waals surface area contributed by atoms with Gasteiger partial charge in [0.25, 0.3) is 0 Å². The van der Waals surface area contributed by atoms with Gasteiger partial charge in [0.05, 0.1) is 0 Å². The van der Waals surface area contributed by atoms with Gasteiger partial charge in [-0.25, -0.2) is 4.39 Å². The van der Waals surface area contributed by atoms with Gasteiger partial charge in [0.1, 0.15) is 5.82 Å². The lowest BCUT2D eigenvalue weighted by atomic mass is 9.80. The van der Waals surface area contributed by atoms with Crippen LogP contribution in [0.5, 0.6) is 0 Å². The summed E-state index contributed by atoms with van der Waals surface area (Å²) in [6, 6.07) is 8.65. The summed E-state index contributed by atoms with van der Waals surface area (Å²) in [6.07, 6.45) is 4.85. The topological polar surface area (TPSA) is 38.9 Å². The Bertz CT molecular complexity index is 609. The summed E-state index contributed by atoms with van der Waals surface area (Å²) in [7, 11) is 0. The van der Waals surface area contributed by atoms with Crippen LogP contribution in [0.25, 0.3) is 0 Å². The molecule has 0 amide bonds. The van der Waals surface area contributed by atoms with Crippen molar-refractivity contribution in [1.82, 2.24) is 4.98 Å². The van der Waals surface area contributed by atoms with E-state index in [0.717, 1.165) is 29.4 Å². The standard InChI is InChI=1S/C16H16BrFN2/c17-12-7-2-8-13(18)14(12)15(19)11-6-1-4-10-5-3-9-20-16(10)11/h2-3,5,7-9,11,15H,1,4,6,19H2. The first-order chi connectivity index (χ1) is 9.68. The third-order valence-corrected chi connectivity index (χ3v) is 4.70. The van der Waals surface area contributed by atoms with Gasteiger partial charge in [0, 0.05) is 33.9 Å². The summed E-state index contributed by atoms with van der Waals surface area (Å²) >= 11 is 3.41. The van der Waals surface area contributed by atoms with Crippen LogP contribution in [0.15, 0.2) is 41.0 Å². The molecule has 0 saturated heterocycles. The Morgan fingerprint density at radius 1 is 1.30 bits per heavy atom. The van der Waals surface area contributed by atoms with Gasteiger partial charge in [-0.3, -0.25) is 4.98 Å². The molecule has 0 radical (unpaired) electrons. The Morgan fingerprint density at radius 2 is 2.15 bits per heavy atom. The predicted molar refractivity (Wildman–Crippen MR) is 80.9 cm³/mol. The summed E-state index contributed by atoms with van der Waals surface area (Å²) < 4.78 is 14.8. The van der Waals surface area contributed by atoms with E-state index in [0.29, 0.717) is 5.56 Å². The second kappa shape index (κ2) is 5.62. The quantitative estimate of drug-likeness (QED) is 0.897. The minimum absolute atomic E-state index is 0.0770. The number of nitrogens with two attached hydrogens (primary N) is 1. The average Bonchev–Trinajstić information content (AvgIpc) is 2.46. The van der Waals surface area contributed by atoms with E-state index in [1.165, 1.54) is 11.6 Å². The number of pyridine rings is 1. The molecule has 4 heteroatoms. The molecule has 1 aromatic heterocycles. The minimum atomic E-state index is -0.375.